The zero-order valence-corrected chi connectivity index (χ0v) is 30.3. The molecule has 0 fully saturated rings. The number of alkyl carbamates (subject to hydrolysis) is 1. The lowest BCUT2D eigenvalue weighted by atomic mass is 9.98. The third kappa shape index (κ3) is 14.1. The molecule has 47 heavy (non-hydrogen) atoms. The lowest BCUT2D eigenvalue weighted by Gasteiger charge is -2.31. The SMILES string of the molecule is CSCC[C@H](NC(=O)[C@@H](NC(=O)OC(C)(C)C)C(C)C)C(=O)N[C@@H](CC(C)C)[C@@H](O)CN(C)C(=O)NCCc1cc2ccccc2[nH]1. The fraction of sp³-hybridized carbons (Fsp3) is 0.647. The number of nitrogens with one attached hydrogen (secondary N) is 5. The number of aliphatic hydroxyl groups excluding tert-OH is 1. The molecule has 4 atom stereocenters. The van der Waals surface area contributed by atoms with Crippen molar-refractivity contribution in [2.75, 3.05) is 32.1 Å². The van der Waals surface area contributed by atoms with E-state index in [1.807, 2.05) is 44.4 Å². The summed E-state index contributed by atoms with van der Waals surface area (Å²) in [5.74, 6) is -0.484. The van der Waals surface area contributed by atoms with Gasteiger partial charge in [0.15, 0.2) is 0 Å². The van der Waals surface area contributed by atoms with Crippen LogP contribution in [0.5, 0.6) is 0 Å². The number of para-hydroxylation sites is 1. The topological polar surface area (TPSA) is 165 Å². The van der Waals surface area contributed by atoms with Crippen LogP contribution in [0.3, 0.4) is 0 Å². The number of hydrogen-bond donors (Lipinski definition) is 6. The number of carbonyl (C=O) groups excluding carboxylic acids is 4. The summed E-state index contributed by atoms with van der Waals surface area (Å²) in [6.07, 6.45) is 1.56. The molecule has 2 aromatic rings. The number of H-pyrrole nitrogens is 1. The van der Waals surface area contributed by atoms with Crippen molar-refractivity contribution in [3.8, 4) is 0 Å². The molecule has 0 aliphatic carbocycles. The first kappa shape index (κ1) is 39.7. The van der Waals surface area contributed by atoms with E-state index in [2.05, 4.69) is 32.3 Å². The molecular weight excluding hydrogens is 620 g/mol. The highest BCUT2D eigenvalue weighted by Crippen LogP contribution is 2.15. The second-order valence-electron chi connectivity index (χ2n) is 13.8. The van der Waals surface area contributed by atoms with Gasteiger partial charge in [-0.15, -0.1) is 0 Å². The maximum Gasteiger partial charge on any atom is 0.408 e. The normalized spacial score (nSPS) is 14.3. The van der Waals surface area contributed by atoms with Gasteiger partial charge in [-0.2, -0.15) is 11.8 Å². The van der Waals surface area contributed by atoms with Crippen LogP contribution in [0.15, 0.2) is 30.3 Å². The summed E-state index contributed by atoms with van der Waals surface area (Å²) in [6.45, 7) is 13.2. The number of ether oxygens (including phenoxy) is 1. The minimum absolute atomic E-state index is 0.00699. The Labute approximate surface area is 283 Å². The number of aliphatic hydroxyl groups is 1. The molecule has 6 N–H and O–H groups in total. The first-order chi connectivity index (χ1) is 22.0. The highest BCUT2D eigenvalue weighted by atomic mass is 32.2. The van der Waals surface area contributed by atoms with Gasteiger partial charge >= 0.3 is 12.1 Å². The first-order valence-electron chi connectivity index (χ1n) is 16.3. The molecule has 5 amide bonds. The number of rotatable bonds is 17. The number of nitrogens with zero attached hydrogens (tertiary/aromatic N) is 1. The first-order valence-corrected chi connectivity index (χ1v) is 17.7. The van der Waals surface area contributed by atoms with Crippen LogP contribution in [0.25, 0.3) is 10.9 Å². The fourth-order valence-corrected chi connectivity index (χ4v) is 5.51. The summed E-state index contributed by atoms with van der Waals surface area (Å²) in [7, 11) is 1.60. The standard InChI is InChI=1S/C34H56N6O6S/c1-21(2)18-27(28(41)20-40(8)32(44)35-16-14-24-19-23-12-10-11-13-25(23)36-24)38-30(42)26(15-17-47-9)37-31(43)29(22(3)4)39-33(45)46-34(5,6)7/h10-13,19,21-22,26-29,36,41H,14-18,20H2,1-9H3,(H,35,44)(H,37,43)(H,38,42)(H,39,45)/t26-,27-,28-,29-/m0/s1. The van der Waals surface area contributed by atoms with Crippen molar-refractivity contribution in [1.29, 1.82) is 0 Å². The van der Waals surface area contributed by atoms with Gasteiger partial charge in [-0.3, -0.25) is 9.59 Å². The highest BCUT2D eigenvalue weighted by molar-refractivity contribution is 7.98. The Morgan fingerprint density at radius 1 is 1.02 bits per heavy atom. The Bertz CT molecular complexity index is 1280. The van der Waals surface area contributed by atoms with Gasteiger partial charge < -0.3 is 41.0 Å². The number of aromatic nitrogens is 1. The molecule has 0 spiro atoms. The van der Waals surface area contributed by atoms with Crippen LogP contribution in [0.2, 0.25) is 0 Å². The largest absolute Gasteiger partial charge is 0.444 e. The third-order valence-corrected chi connectivity index (χ3v) is 8.09. The van der Waals surface area contributed by atoms with Crippen LogP contribution < -0.4 is 21.3 Å². The zero-order valence-electron chi connectivity index (χ0n) is 29.4. The van der Waals surface area contributed by atoms with Crippen LogP contribution in [-0.2, 0) is 20.7 Å². The molecule has 0 bridgehead atoms. The number of fused-ring (bicyclic) bond motifs is 1. The van der Waals surface area contributed by atoms with Crippen molar-refractivity contribution >= 4 is 46.6 Å². The van der Waals surface area contributed by atoms with Gasteiger partial charge in [-0.1, -0.05) is 45.9 Å². The van der Waals surface area contributed by atoms with Crippen LogP contribution in [0.1, 0.15) is 67.0 Å². The van der Waals surface area contributed by atoms with Crippen molar-refractivity contribution in [3.05, 3.63) is 36.0 Å². The molecule has 12 nitrogen and oxygen atoms in total. The maximum atomic E-state index is 13.6. The monoisotopic (exact) mass is 676 g/mol. The van der Waals surface area contributed by atoms with Gasteiger partial charge in [0.05, 0.1) is 12.1 Å². The summed E-state index contributed by atoms with van der Waals surface area (Å²) >= 11 is 1.54. The molecule has 0 unspecified atom stereocenters. The van der Waals surface area contributed by atoms with Crippen molar-refractivity contribution in [2.45, 2.75) is 97.6 Å². The lowest BCUT2D eigenvalue weighted by molar-refractivity contribution is -0.131. The number of benzene rings is 1. The lowest BCUT2D eigenvalue weighted by Crippen LogP contribution is -2.58. The highest BCUT2D eigenvalue weighted by Gasteiger charge is 2.32. The van der Waals surface area contributed by atoms with Gasteiger partial charge in [0, 0.05) is 37.8 Å². The molecule has 13 heteroatoms. The molecule has 264 valence electrons. The van der Waals surface area contributed by atoms with Gasteiger partial charge in [-0.05, 0) is 75.0 Å². The van der Waals surface area contributed by atoms with E-state index in [4.69, 9.17) is 4.74 Å². The number of likely N-dealkylation sites (N-methyl/N-ethyl adjacent to an activating group) is 1. The van der Waals surface area contributed by atoms with Gasteiger partial charge in [0.1, 0.15) is 17.7 Å². The molecule has 0 aliphatic rings. The van der Waals surface area contributed by atoms with Crippen LogP contribution in [0, 0.1) is 11.8 Å². The van der Waals surface area contributed by atoms with E-state index >= 15 is 0 Å². The Hall–Kier alpha value is -3.45. The van der Waals surface area contributed by atoms with E-state index in [9.17, 15) is 24.3 Å². The summed E-state index contributed by atoms with van der Waals surface area (Å²) in [6, 6.07) is 7.21. The van der Waals surface area contributed by atoms with Crippen molar-refractivity contribution in [3.63, 3.8) is 0 Å². The Kier molecular flexibility index (Phi) is 15.9. The van der Waals surface area contributed by atoms with E-state index in [1.165, 1.54) is 16.7 Å². The second-order valence-corrected chi connectivity index (χ2v) is 14.8. The summed E-state index contributed by atoms with van der Waals surface area (Å²) in [5.41, 5.74) is 1.32. The Morgan fingerprint density at radius 2 is 1.70 bits per heavy atom. The smallest absolute Gasteiger partial charge is 0.408 e. The molecule has 0 radical (unpaired) electrons. The van der Waals surface area contributed by atoms with Crippen LogP contribution in [-0.4, -0.2) is 101 Å². The van der Waals surface area contributed by atoms with Crippen molar-refractivity contribution in [1.82, 2.24) is 31.2 Å². The number of carbonyl (C=O) groups is 4. The Balaban J connectivity index is 2.02. The number of thioether (sulfide) groups is 1. The molecule has 0 saturated carbocycles. The average Bonchev–Trinajstić information content (AvgIpc) is 3.38. The third-order valence-electron chi connectivity index (χ3n) is 7.45. The molecule has 0 aliphatic heterocycles. The number of urea groups is 1. The Morgan fingerprint density at radius 3 is 2.30 bits per heavy atom. The van der Waals surface area contributed by atoms with E-state index in [0.717, 1.165) is 16.6 Å². The summed E-state index contributed by atoms with van der Waals surface area (Å²) in [4.78, 5) is 56.9. The van der Waals surface area contributed by atoms with E-state index < -0.39 is 47.7 Å². The second kappa shape index (κ2) is 18.8. The maximum absolute atomic E-state index is 13.6. The predicted octanol–water partition coefficient (Wildman–Crippen LogP) is 4.03. The van der Waals surface area contributed by atoms with Gasteiger partial charge in [0.25, 0.3) is 0 Å². The predicted molar refractivity (Wildman–Crippen MR) is 188 cm³/mol. The van der Waals surface area contributed by atoms with Crippen LogP contribution in [0.4, 0.5) is 9.59 Å². The van der Waals surface area contributed by atoms with E-state index in [0.29, 0.717) is 31.6 Å². The summed E-state index contributed by atoms with van der Waals surface area (Å²) in [5, 5.41) is 23.6. The minimum Gasteiger partial charge on any atom is -0.444 e. The molecule has 1 aromatic heterocycles. The van der Waals surface area contributed by atoms with Gasteiger partial charge in [0.2, 0.25) is 11.8 Å². The molecule has 1 aromatic carbocycles. The number of hydrogen-bond acceptors (Lipinski definition) is 7. The van der Waals surface area contributed by atoms with Crippen molar-refractivity contribution < 1.29 is 29.0 Å². The molecular formula is C34H56N6O6S. The van der Waals surface area contributed by atoms with Crippen LogP contribution >= 0.6 is 11.8 Å². The number of aromatic amines is 1. The zero-order chi connectivity index (χ0) is 35.3. The molecule has 2 rings (SSSR count). The number of amides is 5. The van der Waals surface area contributed by atoms with Gasteiger partial charge in [-0.25, -0.2) is 9.59 Å². The quantitative estimate of drug-likeness (QED) is 0.147. The summed E-state index contributed by atoms with van der Waals surface area (Å²) < 4.78 is 5.33. The van der Waals surface area contributed by atoms with E-state index in [1.54, 1.807) is 41.7 Å². The molecule has 1 heterocycles. The average molecular weight is 677 g/mol. The fourth-order valence-electron chi connectivity index (χ4n) is 5.04. The van der Waals surface area contributed by atoms with Crippen molar-refractivity contribution in [2.24, 2.45) is 11.8 Å². The minimum atomic E-state index is -1.06. The van der Waals surface area contributed by atoms with E-state index in [-0.39, 0.29) is 24.4 Å². The molecule has 0 saturated heterocycles.